The second-order valence-electron chi connectivity index (χ2n) is 5.89. The van der Waals surface area contributed by atoms with Gasteiger partial charge in [-0.2, -0.15) is 0 Å². The Balaban J connectivity index is 1.80. The maximum Gasteiger partial charge on any atom is 0.310 e. The summed E-state index contributed by atoms with van der Waals surface area (Å²) in [6, 6.07) is 11.0. The van der Waals surface area contributed by atoms with Crippen molar-refractivity contribution in [1.82, 2.24) is 5.32 Å². The van der Waals surface area contributed by atoms with E-state index in [9.17, 15) is 14.0 Å². The highest BCUT2D eigenvalue weighted by molar-refractivity contribution is 5.81. The summed E-state index contributed by atoms with van der Waals surface area (Å²) in [5.74, 6) is -0.123. The third kappa shape index (κ3) is 6.90. The first-order chi connectivity index (χ1) is 13.5. The van der Waals surface area contributed by atoms with Crippen LogP contribution in [-0.4, -0.2) is 31.7 Å². The molecular formula is C21H24FNO5. The van der Waals surface area contributed by atoms with Gasteiger partial charge in [-0.3, -0.25) is 9.59 Å². The Morgan fingerprint density at radius 3 is 2.25 bits per heavy atom. The first kappa shape index (κ1) is 21.2. The van der Waals surface area contributed by atoms with Gasteiger partial charge in [-0.05, 0) is 49.2 Å². The van der Waals surface area contributed by atoms with Crippen molar-refractivity contribution in [3.05, 3.63) is 59.4 Å². The number of rotatable bonds is 10. The third-order valence-electron chi connectivity index (χ3n) is 3.72. The number of hydrogen-bond donors (Lipinski definition) is 1. The summed E-state index contributed by atoms with van der Waals surface area (Å²) < 4.78 is 28.9. The third-order valence-corrected chi connectivity index (χ3v) is 3.72. The van der Waals surface area contributed by atoms with Crippen LogP contribution in [-0.2, 0) is 27.3 Å². The molecule has 0 aliphatic carbocycles. The van der Waals surface area contributed by atoms with Gasteiger partial charge in [-0.25, -0.2) is 4.39 Å². The van der Waals surface area contributed by atoms with E-state index in [1.165, 1.54) is 12.1 Å². The molecule has 0 spiro atoms. The van der Waals surface area contributed by atoms with Gasteiger partial charge in [0.1, 0.15) is 5.82 Å². The SMILES string of the molecule is CCOc1ccc(CC(=O)OCC(=O)NCc2ccc(F)cc2)cc1OCC. The number of amides is 1. The van der Waals surface area contributed by atoms with Crippen molar-refractivity contribution in [3.63, 3.8) is 0 Å². The standard InChI is InChI=1S/C21H24FNO5/c1-3-26-18-10-7-16(11-19(18)27-4-2)12-21(25)28-14-20(24)23-13-15-5-8-17(22)9-6-15/h5-11H,3-4,12-14H2,1-2H3,(H,23,24). The predicted molar refractivity (Wildman–Crippen MR) is 102 cm³/mol. The summed E-state index contributed by atoms with van der Waals surface area (Å²) in [4.78, 5) is 23.8. The molecule has 7 heteroatoms. The molecule has 0 aliphatic heterocycles. The first-order valence-corrected chi connectivity index (χ1v) is 9.07. The lowest BCUT2D eigenvalue weighted by Crippen LogP contribution is -2.28. The van der Waals surface area contributed by atoms with E-state index in [-0.39, 0.29) is 25.4 Å². The van der Waals surface area contributed by atoms with Crippen LogP contribution in [0.2, 0.25) is 0 Å². The van der Waals surface area contributed by atoms with Crippen molar-refractivity contribution in [2.24, 2.45) is 0 Å². The van der Waals surface area contributed by atoms with Crippen molar-refractivity contribution in [2.75, 3.05) is 19.8 Å². The molecule has 0 unspecified atom stereocenters. The lowest BCUT2D eigenvalue weighted by atomic mass is 10.1. The topological polar surface area (TPSA) is 73.9 Å². The van der Waals surface area contributed by atoms with Crippen molar-refractivity contribution in [2.45, 2.75) is 26.8 Å². The second kappa shape index (κ2) is 10.9. The van der Waals surface area contributed by atoms with Crippen LogP contribution in [0, 0.1) is 5.82 Å². The summed E-state index contributed by atoms with van der Waals surface area (Å²) in [6.45, 7) is 4.57. The van der Waals surface area contributed by atoms with Gasteiger partial charge in [-0.1, -0.05) is 18.2 Å². The van der Waals surface area contributed by atoms with Crippen molar-refractivity contribution < 1.29 is 28.2 Å². The van der Waals surface area contributed by atoms with Crippen LogP contribution in [0.25, 0.3) is 0 Å². The fourth-order valence-electron chi connectivity index (χ4n) is 2.42. The van der Waals surface area contributed by atoms with Crippen LogP contribution in [0.3, 0.4) is 0 Å². The predicted octanol–water partition coefficient (Wildman–Crippen LogP) is 3.03. The van der Waals surface area contributed by atoms with Crippen LogP contribution in [0.5, 0.6) is 11.5 Å². The van der Waals surface area contributed by atoms with E-state index in [1.807, 2.05) is 13.8 Å². The van der Waals surface area contributed by atoms with E-state index in [0.717, 1.165) is 5.56 Å². The van der Waals surface area contributed by atoms with Gasteiger partial charge in [-0.15, -0.1) is 0 Å². The molecule has 0 radical (unpaired) electrons. The zero-order valence-electron chi connectivity index (χ0n) is 16.0. The minimum atomic E-state index is -0.524. The van der Waals surface area contributed by atoms with Gasteiger partial charge < -0.3 is 19.5 Å². The lowest BCUT2D eigenvalue weighted by molar-refractivity contribution is -0.147. The lowest BCUT2D eigenvalue weighted by Gasteiger charge is -2.12. The van der Waals surface area contributed by atoms with Crippen LogP contribution < -0.4 is 14.8 Å². The van der Waals surface area contributed by atoms with Crippen LogP contribution in [0.1, 0.15) is 25.0 Å². The maximum absolute atomic E-state index is 12.8. The van der Waals surface area contributed by atoms with Gasteiger partial charge in [0.05, 0.1) is 19.6 Å². The molecule has 2 aromatic rings. The Morgan fingerprint density at radius 1 is 0.929 bits per heavy atom. The molecule has 0 saturated carbocycles. The van der Waals surface area contributed by atoms with E-state index < -0.39 is 11.9 Å². The molecule has 1 amide bonds. The van der Waals surface area contributed by atoms with Crippen LogP contribution in [0.15, 0.2) is 42.5 Å². The van der Waals surface area contributed by atoms with Gasteiger partial charge in [0.25, 0.3) is 5.91 Å². The Bertz CT molecular complexity index is 792. The molecule has 0 heterocycles. The Labute approximate surface area is 163 Å². The van der Waals surface area contributed by atoms with E-state index >= 15 is 0 Å². The molecule has 6 nitrogen and oxygen atoms in total. The van der Waals surface area contributed by atoms with Crippen molar-refractivity contribution in [1.29, 1.82) is 0 Å². The molecule has 2 rings (SSSR count). The van der Waals surface area contributed by atoms with Gasteiger partial charge in [0, 0.05) is 6.54 Å². The largest absolute Gasteiger partial charge is 0.490 e. The number of esters is 1. The molecule has 0 aliphatic rings. The zero-order chi connectivity index (χ0) is 20.4. The summed E-state index contributed by atoms with van der Waals surface area (Å²) in [5, 5.41) is 2.61. The fraction of sp³-hybridized carbons (Fsp3) is 0.333. The number of benzene rings is 2. The normalized spacial score (nSPS) is 10.2. The smallest absolute Gasteiger partial charge is 0.310 e. The van der Waals surface area contributed by atoms with E-state index in [1.54, 1.807) is 30.3 Å². The van der Waals surface area contributed by atoms with E-state index in [2.05, 4.69) is 5.32 Å². The number of carbonyl (C=O) groups is 2. The minimum absolute atomic E-state index is 0.0116. The summed E-state index contributed by atoms with van der Waals surface area (Å²) >= 11 is 0. The quantitative estimate of drug-likeness (QED) is 0.633. The molecule has 1 N–H and O–H groups in total. The molecule has 0 aromatic heterocycles. The number of nitrogens with one attached hydrogen (secondary N) is 1. The highest BCUT2D eigenvalue weighted by Crippen LogP contribution is 2.28. The zero-order valence-corrected chi connectivity index (χ0v) is 16.0. The molecule has 150 valence electrons. The Hall–Kier alpha value is -3.09. The average Bonchev–Trinajstić information content (AvgIpc) is 2.68. The minimum Gasteiger partial charge on any atom is -0.490 e. The molecule has 0 saturated heterocycles. The molecule has 0 fully saturated rings. The highest BCUT2D eigenvalue weighted by atomic mass is 19.1. The van der Waals surface area contributed by atoms with Crippen LogP contribution >= 0.6 is 0 Å². The fourth-order valence-corrected chi connectivity index (χ4v) is 2.42. The molecule has 28 heavy (non-hydrogen) atoms. The monoisotopic (exact) mass is 389 g/mol. The van der Waals surface area contributed by atoms with Crippen molar-refractivity contribution in [3.8, 4) is 11.5 Å². The van der Waals surface area contributed by atoms with E-state index in [0.29, 0.717) is 30.3 Å². The Morgan fingerprint density at radius 2 is 1.57 bits per heavy atom. The molecule has 0 bridgehead atoms. The number of carbonyl (C=O) groups excluding carboxylic acids is 2. The highest BCUT2D eigenvalue weighted by Gasteiger charge is 2.12. The number of halogens is 1. The molecule has 0 atom stereocenters. The van der Waals surface area contributed by atoms with Gasteiger partial charge >= 0.3 is 5.97 Å². The average molecular weight is 389 g/mol. The summed E-state index contributed by atoms with van der Waals surface area (Å²) in [5.41, 5.74) is 1.45. The molecule has 2 aromatic carbocycles. The number of hydrogen-bond acceptors (Lipinski definition) is 5. The number of ether oxygens (including phenoxy) is 3. The van der Waals surface area contributed by atoms with Gasteiger partial charge in [0.15, 0.2) is 18.1 Å². The van der Waals surface area contributed by atoms with E-state index in [4.69, 9.17) is 14.2 Å². The summed E-state index contributed by atoms with van der Waals surface area (Å²) in [6.07, 6.45) is 0.0116. The first-order valence-electron chi connectivity index (χ1n) is 9.07. The summed E-state index contributed by atoms with van der Waals surface area (Å²) in [7, 11) is 0. The van der Waals surface area contributed by atoms with Crippen LogP contribution in [0.4, 0.5) is 4.39 Å². The van der Waals surface area contributed by atoms with Crippen molar-refractivity contribution >= 4 is 11.9 Å². The molecular weight excluding hydrogens is 365 g/mol. The Kier molecular flexibility index (Phi) is 8.27. The second-order valence-corrected chi connectivity index (χ2v) is 5.89. The van der Waals surface area contributed by atoms with Gasteiger partial charge in [0.2, 0.25) is 0 Å². The maximum atomic E-state index is 12.8.